The van der Waals surface area contributed by atoms with Crippen LogP contribution in [0.1, 0.15) is 16.8 Å². The lowest BCUT2D eigenvalue weighted by atomic mass is 10.2. The zero-order chi connectivity index (χ0) is 11.5. The number of nitrogens with zero attached hydrogens (tertiary/aromatic N) is 1. The van der Waals surface area contributed by atoms with Crippen LogP contribution in [0, 0.1) is 11.8 Å². The number of carboxylic acids is 1. The van der Waals surface area contributed by atoms with Crippen LogP contribution in [0.15, 0.2) is 24.5 Å². The molecule has 2 atom stereocenters. The summed E-state index contributed by atoms with van der Waals surface area (Å²) in [7, 11) is 0. The van der Waals surface area contributed by atoms with Crippen molar-refractivity contribution in [3.63, 3.8) is 0 Å². The first kappa shape index (κ1) is 10.6. The summed E-state index contributed by atoms with van der Waals surface area (Å²) in [6.45, 7) is 0.421. The molecular weight excluding hydrogens is 208 g/mol. The minimum atomic E-state index is -0.777. The van der Waals surface area contributed by atoms with Crippen LogP contribution < -0.4 is 5.32 Å². The van der Waals surface area contributed by atoms with Crippen LogP contribution in [0.3, 0.4) is 0 Å². The molecule has 16 heavy (non-hydrogen) atoms. The second kappa shape index (κ2) is 4.30. The topological polar surface area (TPSA) is 79.3 Å². The Kier molecular flexibility index (Phi) is 2.85. The molecule has 0 spiro atoms. The van der Waals surface area contributed by atoms with E-state index in [1.54, 1.807) is 18.3 Å². The quantitative estimate of drug-likeness (QED) is 0.775. The predicted molar refractivity (Wildman–Crippen MR) is 55.8 cm³/mol. The third-order valence-electron chi connectivity index (χ3n) is 2.69. The Hall–Kier alpha value is -1.91. The number of pyridine rings is 1. The summed E-state index contributed by atoms with van der Waals surface area (Å²) in [4.78, 5) is 26.0. The first-order valence-electron chi connectivity index (χ1n) is 5.09. The van der Waals surface area contributed by atoms with Gasteiger partial charge < -0.3 is 10.4 Å². The average molecular weight is 220 g/mol. The third-order valence-corrected chi connectivity index (χ3v) is 2.69. The van der Waals surface area contributed by atoms with E-state index in [1.165, 1.54) is 6.20 Å². The molecule has 1 aromatic heterocycles. The number of carbonyl (C=O) groups excluding carboxylic acids is 1. The summed E-state index contributed by atoms with van der Waals surface area (Å²) < 4.78 is 0. The molecule has 2 rings (SSSR count). The highest BCUT2D eigenvalue weighted by molar-refractivity contribution is 5.93. The van der Waals surface area contributed by atoms with E-state index in [9.17, 15) is 9.59 Å². The van der Waals surface area contributed by atoms with E-state index in [0.29, 0.717) is 18.5 Å². The van der Waals surface area contributed by atoms with Gasteiger partial charge in [0.05, 0.1) is 11.5 Å². The highest BCUT2D eigenvalue weighted by atomic mass is 16.4. The minimum Gasteiger partial charge on any atom is -0.481 e. The summed E-state index contributed by atoms with van der Waals surface area (Å²) in [5, 5.41) is 11.4. The standard InChI is InChI=1S/C11H12N2O3/c14-10(7-2-1-3-12-5-7)13-6-8-4-9(8)11(15)16/h1-3,5,8-9H,4,6H2,(H,13,14)(H,15,16)/t8-,9-/m1/s1. The lowest BCUT2D eigenvalue weighted by molar-refractivity contribution is -0.138. The molecule has 0 bridgehead atoms. The molecule has 84 valence electrons. The van der Waals surface area contributed by atoms with Crippen LogP contribution in [0.25, 0.3) is 0 Å². The summed E-state index contributed by atoms with van der Waals surface area (Å²) in [6, 6.07) is 3.36. The van der Waals surface area contributed by atoms with E-state index in [-0.39, 0.29) is 17.7 Å². The number of aliphatic carboxylic acids is 1. The smallest absolute Gasteiger partial charge is 0.306 e. The van der Waals surface area contributed by atoms with E-state index >= 15 is 0 Å². The fraction of sp³-hybridized carbons (Fsp3) is 0.364. The van der Waals surface area contributed by atoms with Crippen molar-refractivity contribution in [2.45, 2.75) is 6.42 Å². The van der Waals surface area contributed by atoms with Gasteiger partial charge in [0.15, 0.2) is 0 Å². The highest BCUT2D eigenvalue weighted by Crippen LogP contribution is 2.37. The number of aromatic nitrogens is 1. The number of rotatable bonds is 4. The molecule has 2 N–H and O–H groups in total. The SMILES string of the molecule is O=C(NC[C@H]1C[C@H]1C(=O)O)c1cccnc1. The molecular formula is C11H12N2O3. The zero-order valence-electron chi connectivity index (χ0n) is 8.59. The largest absolute Gasteiger partial charge is 0.481 e. The fourth-order valence-corrected chi connectivity index (χ4v) is 1.60. The molecule has 5 heteroatoms. The molecule has 1 amide bonds. The summed E-state index contributed by atoms with van der Waals surface area (Å²) in [5.74, 6) is -1.18. The average Bonchev–Trinajstić information content (AvgIpc) is 3.06. The normalized spacial score (nSPS) is 22.5. The van der Waals surface area contributed by atoms with E-state index in [4.69, 9.17) is 5.11 Å². The Morgan fingerprint density at radius 3 is 2.94 bits per heavy atom. The van der Waals surface area contributed by atoms with Crippen LogP contribution in [0.2, 0.25) is 0 Å². The van der Waals surface area contributed by atoms with Crippen molar-refractivity contribution in [1.82, 2.24) is 10.3 Å². The van der Waals surface area contributed by atoms with Gasteiger partial charge in [-0.3, -0.25) is 14.6 Å². The molecule has 0 saturated heterocycles. The van der Waals surface area contributed by atoms with Crippen LogP contribution in [0.5, 0.6) is 0 Å². The molecule has 0 aromatic carbocycles. The van der Waals surface area contributed by atoms with Gasteiger partial charge in [0.2, 0.25) is 0 Å². The van der Waals surface area contributed by atoms with Crippen molar-refractivity contribution in [2.75, 3.05) is 6.54 Å². The van der Waals surface area contributed by atoms with Gasteiger partial charge in [-0.2, -0.15) is 0 Å². The maximum Gasteiger partial charge on any atom is 0.306 e. The van der Waals surface area contributed by atoms with Gasteiger partial charge >= 0.3 is 5.97 Å². The first-order chi connectivity index (χ1) is 7.68. The van der Waals surface area contributed by atoms with Gasteiger partial charge in [0, 0.05) is 18.9 Å². The van der Waals surface area contributed by atoms with E-state index in [0.717, 1.165) is 0 Å². The zero-order valence-corrected chi connectivity index (χ0v) is 8.59. The number of hydrogen-bond donors (Lipinski definition) is 2. The maximum atomic E-state index is 11.6. The molecule has 0 radical (unpaired) electrons. The van der Waals surface area contributed by atoms with Gasteiger partial charge in [-0.25, -0.2) is 0 Å². The Labute approximate surface area is 92.5 Å². The number of carbonyl (C=O) groups is 2. The summed E-state index contributed by atoms with van der Waals surface area (Å²) in [6.07, 6.45) is 3.73. The molecule has 1 saturated carbocycles. The van der Waals surface area contributed by atoms with Gasteiger partial charge in [0.25, 0.3) is 5.91 Å². The van der Waals surface area contributed by atoms with E-state index in [2.05, 4.69) is 10.3 Å². The second-order valence-corrected chi connectivity index (χ2v) is 3.89. The van der Waals surface area contributed by atoms with Gasteiger partial charge in [-0.05, 0) is 24.5 Å². The third kappa shape index (κ3) is 2.36. The summed E-state index contributed by atoms with van der Waals surface area (Å²) in [5.41, 5.74) is 0.495. The van der Waals surface area contributed by atoms with Gasteiger partial charge in [-0.1, -0.05) is 0 Å². The second-order valence-electron chi connectivity index (χ2n) is 3.89. The summed E-state index contributed by atoms with van der Waals surface area (Å²) >= 11 is 0. The Balaban J connectivity index is 1.80. The minimum absolute atomic E-state index is 0.0816. The molecule has 1 aliphatic rings. The van der Waals surface area contributed by atoms with E-state index in [1.807, 2.05) is 0 Å². The van der Waals surface area contributed by atoms with Crippen molar-refractivity contribution < 1.29 is 14.7 Å². The van der Waals surface area contributed by atoms with Crippen LogP contribution in [-0.2, 0) is 4.79 Å². The molecule has 0 aliphatic heterocycles. The Morgan fingerprint density at radius 2 is 2.38 bits per heavy atom. The van der Waals surface area contributed by atoms with Crippen LogP contribution in [-0.4, -0.2) is 28.5 Å². The van der Waals surface area contributed by atoms with Crippen molar-refractivity contribution in [3.05, 3.63) is 30.1 Å². The molecule has 1 aliphatic carbocycles. The van der Waals surface area contributed by atoms with Crippen LogP contribution in [0.4, 0.5) is 0 Å². The number of amides is 1. The van der Waals surface area contributed by atoms with Crippen molar-refractivity contribution in [2.24, 2.45) is 11.8 Å². The maximum absolute atomic E-state index is 11.6. The predicted octanol–water partition coefficient (Wildman–Crippen LogP) is 0.532. The van der Waals surface area contributed by atoms with Gasteiger partial charge in [0.1, 0.15) is 0 Å². The monoisotopic (exact) mass is 220 g/mol. The number of nitrogens with one attached hydrogen (secondary N) is 1. The molecule has 5 nitrogen and oxygen atoms in total. The number of carboxylic acid groups (broad SMARTS) is 1. The fourth-order valence-electron chi connectivity index (χ4n) is 1.60. The van der Waals surface area contributed by atoms with Crippen LogP contribution >= 0.6 is 0 Å². The molecule has 1 aromatic rings. The number of hydrogen-bond acceptors (Lipinski definition) is 3. The molecule has 1 fully saturated rings. The lowest BCUT2D eigenvalue weighted by Crippen LogP contribution is -2.26. The molecule has 0 unspecified atom stereocenters. The van der Waals surface area contributed by atoms with Gasteiger partial charge in [-0.15, -0.1) is 0 Å². The highest BCUT2D eigenvalue weighted by Gasteiger charge is 2.42. The first-order valence-corrected chi connectivity index (χ1v) is 5.09. The molecule has 1 heterocycles. The van der Waals surface area contributed by atoms with Crippen molar-refractivity contribution in [3.8, 4) is 0 Å². The van der Waals surface area contributed by atoms with Crippen molar-refractivity contribution in [1.29, 1.82) is 0 Å². The van der Waals surface area contributed by atoms with Crippen molar-refractivity contribution >= 4 is 11.9 Å². The lowest BCUT2D eigenvalue weighted by Gasteiger charge is -2.03. The Morgan fingerprint density at radius 1 is 1.56 bits per heavy atom. The Bertz CT molecular complexity index is 405. The van der Waals surface area contributed by atoms with E-state index < -0.39 is 5.97 Å².